The molecule has 1 aromatic rings. The van der Waals surface area contributed by atoms with E-state index in [1.807, 2.05) is 18.4 Å². The molecule has 1 rings (SSSR count). The molecule has 0 amide bonds. The molecule has 0 radical (unpaired) electrons. The molecule has 0 spiro atoms. The third-order valence-electron chi connectivity index (χ3n) is 2.46. The van der Waals surface area contributed by atoms with Crippen LogP contribution in [0.3, 0.4) is 0 Å². The first kappa shape index (κ1) is 14.8. The number of nitrogens with zero attached hydrogens (tertiary/aromatic N) is 2. The fourth-order valence-corrected chi connectivity index (χ4v) is 1.49. The van der Waals surface area contributed by atoms with Crippen molar-refractivity contribution in [1.29, 1.82) is 5.26 Å². The molecule has 0 saturated carbocycles. The second-order valence-electron chi connectivity index (χ2n) is 4.61. The van der Waals surface area contributed by atoms with Crippen molar-refractivity contribution in [3.05, 3.63) is 23.5 Å². The zero-order valence-corrected chi connectivity index (χ0v) is 11.5. The van der Waals surface area contributed by atoms with Gasteiger partial charge in [0, 0.05) is 11.9 Å². The maximum Gasteiger partial charge on any atom is 0.109 e. The quantitative estimate of drug-likeness (QED) is 0.743. The summed E-state index contributed by atoms with van der Waals surface area (Å²) in [5.41, 5.74) is 2.73. The van der Waals surface area contributed by atoms with E-state index >= 15 is 0 Å². The lowest BCUT2D eigenvalue weighted by Gasteiger charge is -2.15. The Morgan fingerprint density at radius 1 is 1.31 bits per heavy atom. The Balaban J connectivity index is 0.00000106. The molecule has 0 aliphatic carbocycles. The van der Waals surface area contributed by atoms with Crippen LogP contribution in [-0.4, -0.2) is 4.57 Å². The second-order valence-corrected chi connectivity index (χ2v) is 4.61. The van der Waals surface area contributed by atoms with Crippen LogP contribution in [0.1, 0.15) is 52.8 Å². The Bertz CT molecular complexity index is 348. The molecule has 0 atom stereocenters. The van der Waals surface area contributed by atoms with Crippen LogP contribution >= 0.6 is 0 Å². The van der Waals surface area contributed by atoms with Crippen molar-refractivity contribution in [3.8, 4) is 6.07 Å². The smallest absolute Gasteiger partial charge is 0.109 e. The van der Waals surface area contributed by atoms with E-state index in [0.29, 0.717) is 6.54 Å². The van der Waals surface area contributed by atoms with Crippen LogP contribution in [0.5, 0.6) is 0 Å². The minimum atomic E-state index is 0.171. The molecular weight excluding hydrogens is 196 g/mol. The molecule has 0 aliphatic heterocycles. The van der Waals surface area contributed by atoms with Crippen molar-refractivity contribution >= 4 is 0 Å². The number of aryl methyl sites for hydroxylation is 1. The lowest BCUT2D eigenvalue weighted by atomic mass is 9.89. The standard InChI is InChI=1S/C12H18N2.C2H6/c1-5-11-8-10(12(2,3)4)9-14(11)7-6-13;1-2/h8-9H,5,7H2,1-4H3;1-2H3. The lowest BCUT2D eigenvalue weighted by molar-refractivity contribution is 0.588. The van der Waals surface area contributed by atoms with Gasteiger partial charge in [0.1, 0.15) is 6.54 Å². The summed E-state index contributed by atoms with van der Waals surface area (Å²) in [6, 6.07) is 4.39. The molecule has 2 heteroatoms. The molecule has 0 saturated heterocycles. The largest absolute Gasteiger partial charge is 0.338 e. The predicted molar refractivity (Wildman–Crippen MR) is 69.5 cm³/mol. The van der Waals surface area contributed by atoms with Gasteiger partial charge in [0.05, 0.1) is 6.07 Å². The molecular formula is C14H24N2. The molecule has 90 valence electrons. The van der Waals surface area contributed by atoms with Gasteiger partial charge in [-0.3, -0.25) is 0 Å². The van der Waals surface area contributed by atoms with Gasteiger partial charge in [-0.15, -0.1) is 0 Å². The van der Waals surface area contributed by atoms with Crippen molar-refractivity contribution in [3.63, 3.8) is 0 Å². The van der Waals surface area contributed by atoms with Gasteiger partial charge in [-0.2, -0.15) is 5.26 Å². The summed E-state index contributed by atoms with van der Waals surface area (Å²) in [6.45, 7) is 13.2. The number of hydrogen-bond donors (Lipinski definition) is 0. The van der Waals surface area contributed by atoms with Crippen LogP contribution in [-0.2, 0) is 18.4 Å². The van der Waals surface area contributed by atoms with Crippen LogP contribution in [0.25, 0.3) is 0 Å². The van der Waals surface area contributed by atoms with Crippen molar-refractivity contribution in [2.75, 3.05) is 0 Å². The zero-order valence-electron chi connectivity index (χ0n) is 11.5. The van der Waals surface area contributed by atoms with Crippen LogP contribution in [0.2, 0.25) is 0 Å². The third-order valence-corrected chi connectivity index (χ3v) is 2.46. The average Bonchev–Trinajstić information content (AvgIpc) is 2.64. The van der Waals surface area contributed by atoms with E-state index in [2.05, 4.69) is 46.0 Å². The van der Waals surface area contributed by atoms with E-state index < -0.39 is 0 Å². The van der Waals surface area contributed by atoms with Gasteiger partial charge >= 0.3 is 0 Å². The summed E-state index contributed by atoms with van der Waals surface area (Å²) in [4.78, 5) is 0. The molecule has 0 unspecified atom stereocenters. The van der Waals surface area contributed by atoms with Crippen molar-refractivity contribution in [2.24, 2.45) is 0 Å². The highest BCUT2D eigenvalue weighted by molar-refractivity contribution is 5.26. The van der Waals surface area contributed by atoms with Gasteiger partial charge in [0.2, 0.25) is 0 Å². The van der Waals surface area contributed by atoms with E-state index in [1.54, 1.807) is 0 Å². The SMILES string of the molecule is CC.CCc1cc(C(C)(C)C)cn1CC#N. The molecule has 1 aromatic heterocycles. The number of aromatic nitrogens is 1. The molecule has 0 N–H and O–H groups in total. The number of hydrogen-bond acceptors (Lipinski definition) is 1. The Morgan fingerprint density at radius 2 is 1.88 bits per heavy atom. The highest BCUT2D eigenvalue weighted by atomic mass is 15.0. The van der Waals surface area contributed by atoms with E-state index in [4.69, 9.17) is 5.26 Å². The first-order valence-electron chi connectivity index (χ1n) is 6.05. The van der Waals surface area contributed by atoms with Gasteiger partial charge < -0.3 is 4.57 Å². The summed E-state index contributed by atoms with van der Waals surface area (Å²) in [5.74, 6) is 0. The Kier molecular flexibility index (Phi) is 5.88. The fraction of sp³-hybridized carbons (Fsp3) is 0.643. The maximum absolute atomic E-state index is 8.68. The van der Waals surface area contributed by atoms with Crippen molar-refractivity contribution in [1.82, 2.24) is 4.57 Å². The molecule has 0 aromatic carbocycles. The monoisotopic (exact) mass is 220 g/mol. The van der Waals surface area contributed by atoms with Crippen LogP contribution in [0, 0.1) is 11.3 Å². The van der Waals surface area contributed by atoms with Gasteiger partial charge in [-0.1, -0.05) is 41.5 Å². The van der Waals surface area contributed by atoms with E-state index in [-0.39, 0.29) is 5.41 Å². The van der Waals surface area contributed by atoms with Gasteiger partial charge in [0.25, 0.3) is 0 Å². The lowest BCUT2D eigenvalue weighted by Crippen LogP contribution is -2.09. The van der Waals surface area contributed by atoms with Crippen LogP contribution in [0.15, 0.2) is 12.3 Å². The summed E-state index contributed by atoms with van der Waals surface area (Å²) in [5, 5.41) is 8.68. The number of nitriles is 1. The summed E-state index contributed by atoms with van der Waals surface area (Å²) < 4.78 is 2.04. The Hall–Kier alpha value is -1.23. The van der Waals surface area contributed by atoms with Crippen LogP contribution in [0.4, 0.5) is 0 Å². The average molecular weight is 220 g/mol. The Labute approximate surface area is 99.9 Å². The van der Waals surface area contributed by atoms with Gasteiger partial charge in [-0.05, 0) is 23.5 Å². The minimum Gasteiger partial charge on any atom is -0.338 e. The summed E-state index contributed by atoms with van der Waals surface area (Å²) in [7, 11) is 0. The zero-order chi connectivity index (χ0) is 12.8. The van der Waals surface area contributed by atoms with E-state index in [1.165, 1.54) is 11.3 Å². The molecule has 2 nitrogen and oxygen atoms in total. The minimum absolute atomic E-state index is 0.171. The second kappa shape index (κ2) is 6.37. The topological polar surface area (TPSA) is 28.7 Å². The molecule has 1 heterocycles. The normalized spacial score (nSPS) is 10.3. The Morgan fingerprint density at radius 3 is 2.25 bits per heavy atom. The van der Waals surface area contributed by atoms with Gasteiger partial charge in [0.15, 0.2) is 0 Å². The highest BCUT2D eigenvalue weighted by Crippen LogP contribution is 2.24. The van der Waals surface area contributed by atoms with Gasteiger partial charge in [-0.25, -0.2) is 0 Å². The molecule has 0 bridgehead atoms. The third kappa shape index (κ3) is 3.73. The molecule has 0 aliphatic rings. The van der Waals surface area contributed by atoms with E-state index in [9.17, 15) is 0 Å². The fourth-order valence-electron chi connectivity index (χ4n) is 1.49. The number of rotatable bonds is 2. The summed E-state index contributed by atoms with van der Waals surface area (Å²) in [6.07, 6.45) is 3.08. The molecule has 16 heavy (non-hydrogen) atoms. The predicted octanol–water partition coefficient (Wildman–Crippen LogP) is 3.90. The van der Waals surface area contributed by atoms with E-state index in [0.717, 1.165) is 6.42 Å². The van der Waals surface area contributed by atoms with Crippen molar-refractivity contribution < 1.29 is 0 Å². The summed E-state index contributed by atoms with van der Waals surface area (Å²) >= 11 is 0. The highest BCUT2D eigenvalue weighted by Gasteiger charge is 2.16. The van der Waals surface area contributed by atoms with Crippen LogP contribution < -0.4 is 0 Å². The molecule has 0 fully saturated rings. The first-order chi connectivity index (χ1) is 7.49. The maximum atomic E-state index is 8.68. The van der Waals surface area contributed by atoms with Crippen molar-refractivity contribution in [2.45, 2.75) is 59.9 Å². The first-order valence-corrected chi connectivity index (χ1v) is 6.05.